The van der Waals surface area contributed by atoms with E-state index < -0.39 is 5.97 Å². The maximum atomic E-state index is 11.5. The summed E-state index contributed by atoms with van der Waals surface area (Å²) in [4.78, 5) is 11.5. The van der Waals surface area contributed by atoms with Crippen molar-refractivity contribution >= 4 is 5.97 Å². The van der Waals surface area contributed by atoms with E-state index in [0.29, 0.717) is 24.5 Å². The van der Waals surface area contributed by atoms with Crippen molar-refractivity contribution in [2.45, 2.75) is 59.3 Å². The highest BCUT2D eigenvalue weighted by Gasteiger charge is 2.17. The van der Waals surface area contributed by atoms with Gasteiger partial charge in [-0.2, -0.15) is 0 Å². The number of methoxy groups -OCH3 is 1. The van der Waals surface area contributed by atoms with Gasteiger partial charge in [-0.05, 0) is 54.4 Å². The van der Waals surface area contributed by atoms with Crippen LogP contribution in [0.3, 0.4) is 0 Å². The molecule has 3 heteroatoms. The normalized spacial score (nSPS) is 11.1. The van der Waals surface area contributed by atoms with Gasteiger partial charge in [-0.3, -0.25) is 0 Å². The van der Waals surface area contributed by atoms with E-state index in [1.165, 1.54) is 17.5 Å². The number of ether oxygens (including phenoxy) is 1. The predicted molar refractivity (Wildman–Crippen MR) is 90.8 cm³/mol. The quantitative estimate of drug-likeness (QED) is 0.692. The summed E-state index contributed by atoms with van der Waals surface area (Å²) in [6.45, 7) is 7.19. The van der Waals surface area contributed by atoms with Gasteiger partial charge in [0.05, 0.1) is 12.2 Å². The number of carboxylic acid groups (broad SMARTS) is 1. The van der Waals surface area contributed by atoms with Crippen LogP contribution >= 0.6 is 0 Å². The summed E-state index contributed by atoms with van der Waals surface area (Å²) in [6.07, 6.45) is 6.04. The Kier molecular flexibility index (Phi) is 8.18. The van der Waals surface area contributed by atoms with Crippen molar-refractivity contribution in [3.63, 3.8) is 0 Å². The summed E-state index contributed by atoms with van der Waals surface area (Å²) in [7, 11) is 1.66. The molecule has 124 valence electrons. The predicted octanol–water partition coefficient (Wildman–Crippen LogP) is 4.50. The second-order valence-electron chi connectivity index (χ2n) is 6.31. The monoisotopic (exact) mass is 306 g/mol. The van der Waals surface area contributed by atoms with Gasteiger partial charge in [0.15, 0.2) is 0 Å². The highest BCUT2D eigenvalue weighted by Crippen LogP contribution is 2.24. The molecular weight excluding hydrogens is 276 g/mol. The van der Waals surface area contributed by atoms with Crippen molar-refractivity contribution in [1.29, 1.82) is 0 Å². The van der Waals surface area contributed by atoms with Crippen LogP contribution < -0.4 is 0 Å². The van der Waals surface area contributed by atoms with Crippen LogP contribution in [0.5, 0.6) is 0 Å². The molecule has 0 atom stereocenters. The zero-order chi connectivity index (χ0) is 16.5. The molecule has 1 aromatic rings. The third-order valence-electron chi connectivity index (χ3n) is 4.04. The molecule has 0 aliphatic rings. The van der Waals surface area contributed by atoms with Gasteiger partial charge in [0.1, 0.15) is 0 Å². The maximum absolute atomic E-state index is 11.5. The number of benzene rings is 1. The number of rotatable bonds is 10. The molecule has 0 heterocycles. The van der Waals surface area contributed by atoms with E-state index >= 15 is 0 Å². The molecular formula is C19H30O3. The Hall–Kier alpha value is -1.35. The van der Waals surface area contributed by atoms with Gasteiger partial charge in [0, 0.05) is 7.11 Å². The summed E-state index contributed by atoms with van der Waals surface area (Å²) in [5.74, 6) is -0.127. The Labute approximate surface area is 134 Å². The van der Waals surface area contributed by atoms with Crippen LogP contribution in [0, 0.1) is 5.92 Å². The minimum absolute atomic E-state index is 0.438. The number of aryl methyl sites for hydroxylation is 1. The molecule has 0 unspecified atom stereocenters. The van der Waals surface area contributed by atoms with Crippen molar-refractivity contribution in [1.82, 2.24) is 0 Å². The molecule has 0 aromatic heterocycles. The lowest BCUT2D eigenvalue weighted by molar-refractivity contribution is 0.0695. The molecule has 0 bridgehead atoms. The highest BCUT2D eigenvalue weighted by molar-refractivity contribution is 5.90. The van der Waals surface area contributed by atoms with Gasteiger partial charge < -0.3 is 9.84 Å². The first-order chi connectivity index (χ1) is 10.5. The fraction of sp³-hybridized carbons (Fsp3) is 0.632. The first-order valence-corrected chi connectivity index (χ1v) is 8.37. The first kappa shape index (κ1) is 18.7. The van der Waals surface area contributed by atoms with E-state index in [4.69, 9.17) is 4.74 Å². The smallest absolute Gasteiger partial charge is 0.335 e. The van der Waals surface area contributed by atoms with Gasteiger partial charge in [0.25, 0.3) is 0 Å². The van der Waals surface area contributed by atoms with Crippen molar-refractivity contribution in [3.05, 3.63) is 34.4 Å². The fourth-order valence-electron chi connectivity index (χ4n) is 2.93. The molecule has 1 N–H and O–H groups in total. The summed E-state index contributed by atoms with van der Waals surface area (Å²) in [6, 6.07) is 3.79. The maximum Gasteiger partial charge on any atom is 0.335 e. The highest BCUT2D eigenvalue weighted by atomic mass is 16.5. The fourth-order valence-corrected chi connectivity index (χ4v) is 2.93. The van der Waals surface area contributed by atoms with E-state index in [1.807, 2.05) is 6.07 Å². The third-order valence-corrected chi connectivity index (χ3v) is 4.04. The van der Waals surface area contributed by atoms with E-state index in [1.54, 1.807) is 13.2 Å². The second-order valence-corrected chi connectivity index (χ2v) is 6.31. The molecule has 0 radical (unpaired) electrons. The molecule has 22 heavy (non-hydrogen) atoms. The lowest BCUT2D eigenvalue weighted by Gasteiger charge is -2.17. The van der Waals surface area contributed by atoms with Crippen molar-refractivity contribution in [2.75, 3.05) is 13.7 Å². The Bertz CT molecular complexity index is 478. The van der Waals surface area contributed by atoms with Crippen molar-refractivity contribution in [2.24, 2.45) is 5.92 Å². The zero-order valence-electron chi connectivity index (χ0n) is 14.4. The van der Waals surface area contributed by atoms with Crippen LogP contribution in [-0.2, 0) is 24.0 Å². The largest absolute Gasteiger partial charge is 0.478 e. The van der Waals surface area contributed by atoms with E-state index in [-0.39, 0.29) is 0 Å². The number of aromatic carboxylic acids is 1. The Morgan fingerprint density at radius 1 is 1.18 bits per heavy atom. The number of carbonyl (C=O) groups is 1. The molecule has 0 fully saturated rings. The lowest BCUT2D eigenvalue weighted by Crippen LogP contribution is -2.11. The lowest BCUT2D eigenvalue weighted by atomic mass is 9.88. The van der Waals surface area contributed by atoms with Crippen LogP contribution in [0.1, 0.15) is 67.1 Å². The first-order valence-electron chi connectivity index (χ1n) is 8.37. The molecule has 0 aliphatic heterocycles. The van der Waals surface area contributed by atoms with Crippen LogP contribution in [0.2, 0.25) is 0 Å². The number of hydrogen-bond acceptors (Lipinski definition) is 2. The van der Waals surface area contributed by atoms with Gasteiger partial charge >= 0.3 is 5.97 Å². The minimum Gasteiger partial charge on any atom is -0.478 e. The summed E-state index contributed by atoms with van der Waals surface area (Å²) < 4.78 is 5.17. The Morgan fingerprint density at radius 2 is 1.91 bits per heavy atom. The van der Waals surface area contributed by atoms with E-state index in [9.17, 15) is 9.90 Å². The zero-order valence-corrected chi connectivity index (χ0v) is 14.4. The van der Waals surface area contributed by atoms with Crippen molar-refractivity contribution in [3.8, 4) is 0 Å². The van der Waals surface area contributed by atoms with Crippen LogP contribution in [0.4, 0.5) is 0 Å². The van der Waals surface area contributed by atoms with Gasteiger partial charge in [-0.15, -0.1) is 0 Å². The van der Waals surface area contributed by atoms with Gasteiger partial charge in [-0.25, -0.2) is 4.79 Å². The second kappa shape index (κ2) is 9.62. The summed E-state index contributed by atoms with van der Waals surface area (Å²) in [5, 5.41) is 9.46. The topological polar surface area (TPSA) is 46.5 Å². The van der Waals surface area contributed by atoms with Crippen LogP contribution in [0.15, 0.2) is 12.1 Å². The van der Waals surface area contributed by atoms with Gasteiger partial charge in [0.2, 0.25) is 0 Å². The molecule has 0 amide bonds. The average molecular weight is 306 g/mol. The van der Waals surface area contributed by atoms with E-state index in [2.05, 4.69) is 20.8 Å². The molecule has 3 nitrogen and oxygen atoms in total. The third kappa shape index (κ3) is 5.45. The average Bonchev–Trinajstić information content (AvgIpc) is 2.46. The molecule has 1 aromatic carbocycles. The van der Waals surface area contributed by atoms with Crippen LogP contribution in [-0.4, -0.2) is 24.8 Å². The standard InChI is InChI=1S/C19H30O3/c1-5-7-16-15(9-6-8-14(2)3)10-11-18(19(20)21)17(16)12-13-22-4/h10-11,14H,5-9,12-13H2,1-4H3,(H,20,21). The molecule has 1 rings (SSSR count). The van der Waals surface area contributed by atoms with Crippen LogP contribution in [0.25, 0.3) is 0 Å². The van der Waals surface area contributed by atoms with Crippen molar-refractivity contribution < 1.29 is 14.6 Å². The molecule has 0 spiro atoms. The number of hydrogen-bond donors (Lipinski definition) is 1. The Balaban J connectivity index is 3.12. The minimum atomic E-state index is -0.836. The summed E-state index contributed by atoms with van der Waals surface area (Å²) >= 11 is 0. The molecule has 0 aliphatic carbocycles. The summed E-state index contributed by atoms with van der Waals surface area (Å²) in [5.41, 5.74) is 3.97. The number of carboxylic acids is 1. The Morgan fingerprint density at radius 3 is 2.45 bits per heavy atom. The SMILES string of the molecule is CCCc1c(CCCC(C)C)ccc(C(=O)O)c1CCOC. The molecule has 0 saturated heterocycles. The van der Waals surface area contributed by atoms with Gasteiger partial charge in [-0.1, -0.05) is 39.7 Å². The molecule has 0 saturated carbocycles. The van der Waals surface area contributed by atoms with E-state index in [0.717, 1.165) is 31.2 Å².